The van der Waals surface area contributed by atoms with Crippen LogP contribution in [0.15, 0.2) is 16.6 Å². The average Bonchev–Trinajstić information content (AvgIpc) is 2.79. The van der Waals surface area contributed by atoms with Crippen LogP contribution < -0.4 is 15.2 Å². The summed E-state index contributed by atoms with van der Waals surface area (Å²) in [6, 6.07) is 3.82. The van der Waals surface area contributed by atoms with Crippen molar-refractivity contribution >= 4 is 15.9 Å². The Balaban J connectivity index is 2.62. The van der Waals surface area contributed by atoms with Crippen LogP contribution in [-0.2, 0) is 6.54 Å². The molecule has 102 valence electrons. The van der Waals surface area contributed by atoms with Crippen molar-refractivity contribution in [3.05, 3.63) is 27.9 Å². The predicted molar refractivity (Wildman–Crippen MR) is 77.5 cm³/mol. The molecule has 19 heavy (non-hydrogen) atoms. The first kappa shape index (κ1) is 13.9. The molecule has 1 heterocycles. The molecule has 3 N–H and O–H groups in total. The minimum Gasteiger partial charge on any atom is -0.496 e. The summed E-state index contributed by atoms with van der Waals surface area (Å²) in [6.07, 6.45) is 0. The number of benzene rings is 1. The molecule has 0 bridgehead atoms. The summed E-state index contributed by atoms with van der Waals surface area (Å²) in [5.41, 5.74) is 9.10. The lowest BCUT2D eigenvalue weighted by Crippen LogP contribution is -1.97. The predicted octanol–water partition coefficient (Wildman–Crippen LogP) is 2.62. The highest BCUT2D eigenvalue weighted by Gasteiger charge is 2.18. The van der Waals surface area contributed by atoms with Crippen LogP contribution in [-0.4, -0.2) is 24.4 Å². The van der Waals surface area contributed by atoms with Gasteiger partial charge in [-0.3, -0.25) is 5.10 Å². The Morgan fingerprint density at radius 2 is 2.05 bits per heavy atom. The van der Waals surface area contributed by atoms with E-state index in [1.807, 2.05) is 19.1 Å². The summed E-state index contributed by atoms with van der Waals surface area (Å²) in [7, 11) is 3.27. The van der Waals surface area contributed by atoms with Gasteiger partial charge in [0.15, 0.2) is 0 Å². The lowest BCUT2D eigenvalue weighted by atomic mass is 10.1. The van der Waals surface area contributed by atoms with Crippen LogP contribution in [0.1, 0.15) is 11.3 Å². The van der Waals surface area contributed by atoms with Gasteiger partial charge in [0.05, 0.1) is 24.4 Å². The van der Waals surface area contributed by atoms with Crippen molar-refractivity contribution in [3.63, 3.8) is 0 Å². The van der Waals surface area contributed by atoms with Crippen molar-refractivity contribution in [2.24, 2.45) is 5.73 Å². The monoisotopic (exact) mass is 325 g/mol. The minimum atomic E-state index is 0.394. The van der Waals surface area contributed by atoms with E-state index in [1.165, 1.54) is 0 Å². The number of nitrogens with zero attached hydrogens (tertiary/aromatic N) is 1. The van der Waals surface area contributed by atoms with E-state index in [2.05, 4.69) is 26.1 Å². The van der Waals surface area contributed by atoms with Crippen molar-refractivity contribution in [2.45, 2.75) is 13.5 Å². The van der Waals surface area contributed by atoms with Gasteiger partial charge in [-0.2, -0.15) is 5.10 Å². The van der Waals surface area contributed by atoms with Crippen molar-refractivity contribution in [1.29, 1.82) is 0 Å². The highest BCUT2D eigenvalue weighted by molar-refractivity contribution is 9.10. The highest BCUT2D eigenvalue weighted by atomic mass is 79.9. The number of rotatable bonds is 4. The first-order chi connectivity index (χ1) is 9.13. The summed E-state index contributed by atoms with van der Waals surface area (Å²) in [6.45, 7) is 2.34. The number of H-pyrrole nitrogens is 1. The Morgan fingerprint density at radius 3 is 2.58 bits per heavy atom. The zero-order valence-corrected chi connectivity index (χ0v) is 12.7. The van der Waals surface area contributed by atoms with Gasteiger partial charge in [0.25, 0.3) is 0 Å². The van der Waals surface area contributed by atoms with Crippen molar-refractivity contribution in [1.82, 2.24) is 10.2 Å². The molecule has 1 aromatic carbocycles. The molecule has 0 saturated carbocycles. The number of nitrogens with two attached hydrogens (primary N) is 1. The van der Waals surface area contributed by atoms with E-state index < -0.39 is 0 Å². The number of aromatic nitrogens is 2. The molecule has 2 aromatic rings. The van der Waals surface area contributed by atoms with E-state index in [4.69, 9.17) is 15.2 Å². The summed E-state index contributed by atoms with van der Waals surface area (Å²) in [5, 5.41) is 7.20. The number of aromatic amines is 1. The zero-order chi connectivity index (χ0) is 14.0. The smallest absolute Gasteiger partial charge is 0.134 e. The number of nitrogens with one attached hydrogen (secondary N) is 1. The van der Waals surface area contributed by atoms with Gasteiger partial charge in [-0.05, 0) is 35.0 Å². The molecule has 0 unspecified atom stereocenters. The molecular weight excluding hydrogens is 310 g/mol. The summed E-state index contributed by atoms with van der Waals surface area (Å²) < 4.78 is 11.6. The molecule has 0 aliphatic carbocycles. The summed E-state index contributed by atoms with van der Waals surface area (Å²) in [5.74, 6) is 1.53. The van der Waals surface area contributed by atoms with E-state index in [1.54, 1.807) is 14.2 Å². The van der Waals surface area contributed by atoms with Gasteiger partial charge in [-0.25, -0.2) is 0 Å². The van der Waals surface area contributed by atoms with Crippen molar-refractivity contribution in [2.75, 3.05) is 14.2 Å². The maximum Gasteiger partial charge on any atom is 0.134 e. The van der Waals surface area contributed by atoms with Crippen LogP contribution in [0.2, 0.25) is 0 Å². The standard InChI is InChI=1S/C13H16BrN3O2/c1-7-10(18-2)5-4-8(13(7)19-3)12-11(14)9(6-15)16-17-12/h4-5H,6,15H2,1-3H3,(H,16,17). The molecule has 6 heteroatoms. The maximum absolute atomic E-state index is 5.64. The van der Waals surface area contributed by atoms with Gasteiger partial charge in [0, 0.05) is 17.7 Å². The van der Waals surface area contributed by atoms with Gasteiger partial charge >= 0.3 is 0 Å². The third kappa shape index (κ3) is 2.33. The normalized spacial score (nSPS) is 10.6. The number of methoxy groups -OCH3 is 2. The van der Waals surface area contributed by atoms with E-state index in [0.717, 1.165) is 38.5 Å². The van der Waals surface area contributed by atoms with Crippen LogP contribution in [0, 0.1) is 6.92 Å². The summed E-state index contributed by atoms with van der Waals surface area (Å²) >= 11 is 3.51. The Kier molecular flexibility index (Phi) is 4.11. The molecule has 0 saturated heterocycles. The first-order valence-corrected chi connectivity index (χ1v) is 6.58. The van der Waals surface area contributed by atoms with Crippen LogP contribution in [0.25, 0.3) is 11.3 Å². The first-order valence-electron chi connectivity index (χ1n) is 5.78. The second-order valence-corrected chi connectivity index (χ2v) is 4.84. The Bertz CT molecular complexity index is 596. The number of hydrogen-bond acceptors (Lipinski definition) is 4. The second-order valence-electron chi connectivity index (χ2n) is 4.04. The topological polar surface area (TPSA) is 73.2 Å². The molecule has 5 nitrogen and oxygen atoms in total. The van der Waals surface area contributed by atoms with Gasteiger partial charge in [-0.15, -0.1) is 0 Å². The van der Waals surface area contributed by atoms with E-state index in [0.29, 0.717) is 6.54 Å². The van der Waals surface area contributed by atoms with Crippen LogP contribution >= 0.6 is 15.9 Å². The van der Waals surface area contributed by atoms with Gasteiger partial charge in [-0.1, -0.05) is 0 Å². The van der Waals surface area contributed by atoms with Gasteiger partial charge in [0.2, 0.25) is 0 Å². The Labute approximate surface area is 120 Å². The zero-order valence-electron chi connectivity index (χ0n) is 11.1. The maximum atomic E-state index is 5.64. The average molecular weight is 326 g/mol. The van der Waals surface area contributed by atoms with E-state index >= 15 is 0 Å². The number of hydrogen-bond donors (Lipinski definition) is 2. The number of ether oxygens (including phenoxy) is 2. The molecule has 0 aliphatic rings. The van der Waals surface area contributed by atoms with E-state index in [9.17, 15) is 0 Å². The molecule has 1 aromatic heterocycles. The van der Waals surface area contributed by atoms with Crippen LogP contribution in [0.5, 0.6) is 11.5 Å². The molecule has 0 aliphatic heterocycles. The SMILES string of the molecule is COc1ccc(-c2n[nH]c(CN)c2Br)c(OC)c1C. The van der Waals surface area contributed by atoms with Crippen LogP contribution in [0.4, 0.5) is 0 Å². The molecule has 0 atom stereocenters. The van der Waals surface area contributed by atoms with Crippen molar-refractivity contribution in [3.8, 4) is 22.8 Å². The molecule has 0 amide bonds. The lowest BCUT2D eigenvalue weighted by molar-refractivity contribution is 0.390. The Hall–Kier alpha value is -1.53. The quantitative estimate of drug-likeness (QED) is 0.906. The largest absolute Gasteiger partial charge is 0.496 e. The minimum absolute atomic E-state index is 0.394. The van der Waals surface area contributed by atoms with Gasteiger partial charge < -0.3 is 15.2 Å². The Morgan fingerprint density at radius 1 is 1.32 bits per heavy atom. The highest BCUT2D eigenvalue weighted by Crippen LogP contribution is 2.40. The molecular formula is C13H16BrN3O2. The van der Waals surface area contributed by atoms with E-state index in [-0.39, 0.29) is 0 Å². The number of halogens is 1. The fraction of sp³-hybridized carbons (Fsp3) is 0.308. The fourth-order valence-electron chi connectivity index (χ4n) is 2.02. The fourth-order valence-corrected chi connectivity index (χ4v) is 2.58. The molecule has 0 radical (unpaired) electrons. The third-order valence-corrected chi connectivity index (χ3v) is 3.87. The molecule has 0 fully saturated rings. The lowest BCUT2D eigenvalue weighted by Gasteiger charge is -2.13. The second kappa shape index (κ2) is 5.63. The molecule has 0 spiro atoms. The summed E-state index contributed by atoms with van der Waals surface area (Å²) in [4.78, 5) is 0. The van der Waals surface area contributed by atoms with Gasteiger partial charge in [0.1, 0.15) is 17.2 Å². The van der Waals surface area contributed by atoms with Crippen LogP contribution in [0.3, 0.4) is 0 Å². The third-order valence-electron chi connectivity index (χ3n) is 3.01. The van der Waals surface area contributed by atoms with Crippen molar-refractivity contribution < 1.29 is 9.47 Å². The molecule has 2 rings (SSSR count).